The van der Waals surface area contributed by atoms with Gasteiger partial charge in [0, 0.05) is 38.3 Å². The lowest BCUT2D eigenvalue weighted by molar-refractivity contribution is -0.139. The largest absolute Gasteiger partial charge is 0.483 e. The molecule has 5 nitrogen and oxygen atoms in total. The van der Waals surface area contributed by atoms with E-state index in [-0.39, 0.29) is 37.0 Å². The highest BCUT2D eigenvalue weighted by Crippen LogP contribution is 2.21. The maximum Gasteiger partial charge on any atom is 0.260 e. The first-order valence-corrected chi connectivity index (χ1v) is 10.1. The summed E-state index contributed by atoms with van der Waals surface area (Å²) in [7, 11) is 0. The molecule has 1 amide bonds. The van der Waals surface area contributed by atoms with Crippen LogP contribution in [-0.2, 0) is 17.8 Å². The molecule has 0 spiro atoms. The molecule has 6 heteroatoms. The van der Waals surface area contributed by atoms with Crippen molar-refractivity contribution in [2.75, 3.05) is 26.3 Å². The molecule has 0 aliphatic carbocycles. The second-order valence-corrected chi connectivity index (χ2v) is 7.67. The first kappa shape index (κ1) is 21.3. The number of piperazine rings is 1. The number of ether oxygens (including phenoxy) is 1. The summed E-state index contributed by atoms with van der Waals surface area (Å²) in [5, 5.41) is 9.18. The van der Waals surface area contributed by atoms with Crippen molar-refractivity contribution in [1.82, 2.24) is 9.80 Å². The summed E-state index contributed by atoms with van der Waals surface area (Å²) in [6.07, 6.45) is 0.500. The van der Waals surface area contributed by atoms with Crippen LogP contribution in [0.1, 0.15) is 25.0 Å². The van der Waals surface area contributed by atoms with Gasteiger partial charge >= 0.3 is 0 Å². The fraction of sp³-hybridized carbons (Fsp3) is 0.435. The van der Waals surface area contributed by atoms with Crippen molar-refractivity contribution in [1.29, 1.82) is 0 Å². The van der Waals surface area contributed by atoms with Crippen LogP contribution in [0.5, 0.6) is 5.75 Å². The van der Waals surface area contributed by atoms with E-state index in [9.17, 15) is 14.3 Å². The van der Waals surface area contributed by atoms with Gasteiger partial charge < -0.3 is 14.7 Å². The summed E-state index contributed by atoms with van der Waals surface area (Å²) in [6.45, 7) is 6.29. The number of para-hydroxylation sites is 1. The molecular weight excluding hydrogens is 371 g/mol. The van der Waals surface area contributed by atoms with Gasteiger partial charge in [-0.1, -0.05) is 30.3 Å². The van der Waals surface area contributed by atoms with E-state index in [0.717, 1.165) is 24.2 Å². The molecule has 3 rings (SSSR count). The zero-order valence-corrected chi connectivity index (χ0v) is 17.1. The molecule has 0 radical (unpaired) electrons. The van der Waals surface area contributed by atoms with Gasteiger partial charge in [-0.15, -0.1) is 0 Å². The zero-order chi connectivity index (χ0) is 20.8. The standard InChI is InChI=1S/C23H29FN2O3/c1-17-14-26(18(2)13-25(17)15-19-7-9-21(24)10-8-19)23(28)16-29-22-6-4-3-5-20(22)11-12-27/h3-10,17-18,27H,11-16H2,1-2H3. The van der Waals surface area contributed by atoms with Gasteiger partial charge in [0.05, 0.1) is 0 Å². The fourth-order valence-corrected chi connectivity index (χ4v) is 3.78. The van der Waals surface area contributed by atoms with Crippen LogP contribution in [0.4, 0.5) is 4.39 Å². The van der Waals surface area contributed by atoms with Gasteiger partial charge in [-0.2, -0.15) is 0 Å². The Balaban J connectivity index is 1.56. The van der Waals surface area contributed by atoms with Crippen LogP contribution in [0.3, 0.4) is 0 Å². The van der Waals surface area contributed by atoms with Gasteiger partial charge in [0.1, 0.15) is 11.6 Å². The Hall–Kier alpha value is -2.44. The van der Waals surface area contributed by atoms with Crippen molar-refractivity contribution in [2.24, 2.45) is 0 Å². The average Bonchev–Trinajstić information content (AvgIpc) is 2.71. The van der Waals surface area contributed by atoms with Crippen molar-refractivity contribution >= 4 is 5.91 Å². The van der Waals surface area contributed by atoms with Crippen molar-refractivity contribution in [3.63, 3.8) is 0 Å². The number of aliphatic hydroxyl groups is 1. The number of nitrogens with zero attached hydrogens (tertiary/aromatic N) is 2. The second-order valence-electron chi connectivity index (χ2n) is 7.67. The lowest BCUT2D eigenvalue weighted by atomic mass is 10.1. The predicted molar refractivity (Wildman–Crippen MR) is 110 cm³/mol. The van der Waals surface area contributed by atoms with E-state index in [1.54, 1.807) is 0 Å². The Kier molecular flexibility index (Phi) is 7.23. The summed E-state index contributed by atoms with van der Waals surface area (Å²) in [6, 6.07) is 14.3. The molecule has 2 aromatic carbocycles. The van der Waals surface area contributed by atoms with Gasteiger partial charge in [0.25, 0.3) is 5.91 Å². The SMILES string of the molecule is CC1CN(C(=O)COc2ccccc2CCO)C(C)CN1Cc1ccc(F)cc1. The van der Waals surface area contributed by atoms with Crippen LogP contribution in [0.15, 0.2) is 48.5 Å². The van der Waals surface area contributed by atoms with Crippen LogP contribution in [0, 0.1) is 5.82 Å². The van der Waals surface area contributed by atoms with E-state index in [4.69, 9.17) is 4.74 Å². The van der Waals surface area contributed by atoms with E-state index in [1.165, 1.54) is 12.1 Å². The highest BCUT2D eigenvalue weighted by atomic mass is 19.1. The number of aliphatic hydroxyl groups excluding tert-OH is 1. The molecule has 0 bridgehead atoms. The summed E-state index contributed by atoms with van der Waals surface area (Å²) >= 11 is 0. The average molecular weight is 400 g/mol. The number of carbonyl (C=O) groups is 1. The minimum absolute atomic E-state index is 0.0164. The van der Waals surface area contributed by atoms with Gasteiger partial charge in [0.2, 0.25) is 0 Å². The topological polar surface area (TPSA) is 53.0 Å². The number of benzene rings is 2. The molecular formula is C23H29FN2O3. The number of hydrogen-bond acceptors (Lipinski definition) is 4. The van der Waals surface area contributed by atoms with Gasteiger partial charge in [-0.3, -0.25) is 9.69 Å². The lowest BCUT2D eigenvalue weighted by Crippen LogP contribution is -2.58. The molecule has 1 fully saturated rings. The van der Waals surface area contributed by atoms with Crippen LogP contribution in [-0.4, -0.2) is 59.2 Å². The van der Waals surface area contributed by atoms with Gasteiger partial charge in [-0.05, 0) is 49.6 Å². The second kappa shape index (κ2) is 9.85. The van der Waals surface area contributed by atoms with Crippen molar-refractivity contribution < 1.29 is 19.0 Å². The minimum atomic E-state index is -0.230. The molecule has 1 N–H and O–H groups in total. The Bertz CT molecular complexity index is 812. The Morgan fingerprint density at radius 2 is 1.83 bits per heavy atom. The zero-order valence-electron chi connectivity index (χ0n) is 17.1. The monoisotopic (exact) mass is 400 g/mol. The maximum atomic E-state index is 13.1. The number of carbonyl (C=O) groups excluding carboxylic acids is 1. The lowest BCUT2D eigenvalue weighted by Gasteiger charge is -2.44. The van der Waals surface area contributed by atoms with E-state index in [1.807, 2.05) is 48.2 Å². The molecule has 2 atom stereocenters. The normalized spacial score (nSPS) is 19.9. The first-order chi connectivity index (χ1) is 14.0. The molecule has 2 aromatic rings. The van der Waals surface area contributed by atoms with Gasteiger partial charge in [0.15, 0.2) is 6.61 Å². The molecule has 1 aliphatic rings. The molecule has 1 aliphatic heterocycles. The highest BCUT2D eigenvalue weighted by Gasteiger charge is 2.32. The van der Waals surface area contributed by atoms with E-state index >= 15 is 0 Å². The minimum Gasteiger partial charge on any atom is -0.483 e. The molecule has 0 aromatic heterocycles. The molecule has 29 heavy (non-hydrogen) atoms. The fourth-order valence-electron chi connectivity index (χ4n) is 3.78. The third kappa shape index (κ3) is 5.55. The Morgan fingerprint density at radius 3 is 2.55 bits per heavy atom. The smallest absolute Gasteiger partial charge is 0.260 e. The summed E-state index contributed by atoms with van der Waals surface area (Å²) in [5.74, 6) is 0.376. The van der Waals surface area contributed by atoms with Crippen molar-refractivity contribution in [3.8, 4) is 5.75 Å². The summed E-state index contributed by atoms with van der Waals surface area (Å²) < 4.78 is 18.9. The predicted octanol–water partition coefficient (Wildman–Crippen LogP) is 2.86. The molecule has 156 valence electrons. The molecule has 0 saturated carbocycles. The number of hydrogen-bond donors (Lipinski definition) is 1. The van der Waals surface area contributed by atoms with Gasteiger partial charge in [-0.25, -0.2) is 4.39 Å². The van der Waals surface area contributed by atoms with E-state index in [2.05, 4.69) is 11.8 Å². The quantitative estimate of drug-likeness (QED) is 0.777. The van der Waals surface area contributed by atoms with Crippen molar-refractivity contribution in [3.05, 3.63) is 65.5 Å². The summed E-state index contributed by atoms with van der Waals surface area (Å²) in [5.41, 5.74) is 1.96. The van der Waals surface area contributed by atoms with Crippen LogP contribution < -0.4 is 4.74 Å². The highest BCUT2D eigenvalue weighted by molar-refractivity contribution is 5.78. The van der Waals surface area contributed by atoms with E-state index < -0.39 is 0 Å². The molecule has 1 heterocycles. The maximum absolute atomic E-state index is 13.1. The number of halogens is 1. The number of rotatable bonds is 7. The van der Waals surface area contributed by atoms with Crippen molar-refractivity contribution in [2.45, 2.75) is 38.9 Å². The van der Waals surface area contributed by atoms with Crippen LogP contribution >= 0.6 is 0 Å². The third-order valence-electron chi connectivity index (χ3n) is 5.44. The number of amides is 1. The third-order valence-corrected chi connectivity index (χ3v) is 5.44. The van der Waals surface area contributed by atoms with Crippen LogP contribution in [0.2, 0.25) is 0 Å². The Labute approximate surface area is 171 Å². The molecule has 1 saturated heterocycles. The summed E-state index contributed by atoms with van der Waals surface area (Å²) in [4.78, 5) is 17.0. The first-order valence-electron chi connectivity index (χ1n) is 10.1. The Morgan fingerprint density at radius 1 is 1.10 bits per heavy atom. The van der Waals surface area contributed by atoms with Crippen LogP contribution in [0.25, 0.3) is 0 Å². The van der Waals surface area contributed by atoms with E-state index in [0.29, 0.717) is 18.7 Å². The molecule has 2 unspecified atom stereocenters.